The minimum absolute atomic E-state index is 0.00829. The molecule has 0 radical (unpaired) electrons. The van der Waals surface area contributed by atoms with E-state index in [0.29, 0.717) is 30.1 Å². The number of methoxy groups -OCH3 is 1. The first kappa shape index (κ1) is 12.2. The van der Waals surface area contributed by atoms with Crippen LogP contribution in [0.1, 0.15) is 18.4 Å². The second kappa shape index (κ2) is 5.41. The lowest BCUT2D eigenvalue weighted by Crippen LogP contribution is -2.31. The molecule has 2 rings (SSSR count). The molecule has 1 amide bonds. The molecule has 1 heterocycles. The van der Waals surface area contributed by atoms with Crippen molar-refractivity contribution in [2.75, 3.05) is 13.7 Å². The maximum absolute atomic E-state index is 11.1. The fourth-order valence-corrected chi connectivity index (χ4v) is 1.90. The van der Waals surface area contributed by atoms with Gasteiger partial charge in [-0.15, -0.1) is 0 Å². The van der Waals surface area contributed by atoms with Gasteiger partial charge in [-0.05, 0) is 18.6 Å². The second-order valence-corrected chi connectivity index (χ2v) is 4.06. The zero-order chi connectivity index (χ0) is 13.0. The second-order valence-electron chi connectivity index (χ2n) is 4.06. The Hall–Kier alpha value is -2.22. The first-order valence-electron chi connectivity index (χ1n) is 5.74. The summed E-state index contributed by atoms with van der Waals surface area (Å²) >= 11 is 0. The monoisotopic (exact) mass is 246 g/mol. The van der Waals surface area contributed by atoms with E-state index in [1.165, 1.54) is 7.11 Å². The first-order chi connectivity index (χ1) is 8.74. The molecule has 5 nitrogen and oxygen atoms in total. The predicted molar refractivity (Wildman–Crippen MR) is 64.4 cm³/mol. The number of nitrogens with zero attached hydrogens (tertiary/aromatic N) is 1. The van der Waals surface area contributed by atoms with Crippen LogP contribution in [0.25, 0.3) is 0 Å². The van der Waals surface area contributed by atoms with Gasteiger partial charge in [0, 0.05) is 6.42 Å². The number of nitriles is 1. The van der Waals surface area contributed by atoms with Crippen LogP contribution in [0.3, 0.4) is 0 Å². The number of amides is 1. The van der Waals surface area contributed by atoms with Crippen LogP contribution >= 0.6 is 0 Å². The molecule has 1 fully saturated rings. The lowest BCUT2D eigenvalue weighted by atomic mass is 10.2. The zero-order valence-electron chi connectivity index (χ0n) is 10.1. The highest BCUT2D eigenvalue weighted by Gasteiger charge is 2.22. The Morgan fingerprint density at radius 2 is 2.39 bits per heavy atom. The highest BCUT2D eigenvalue weighted by molar-refractivity contribution is 5.78. The van der Waals surface area contributed by atoms with Crippen LogP contribution in [0.5, 0.6) is 11.5 Å². The fraction of sp³-hybridized carbons (Fsp3) is 0.385. The Kier molecular flexibility index (Phi) is 3.68. The van der Waals surface area contributed by atoms with Gasteiger partial charge in [0.15, 0.2) is 11.5 Å². The van der Waals surface area contributed by atoms with Crippen LogP contribution in [-0.2, 0) is 4.79 Å². The summed E-state index contributed by atoms with van der Waals surface area (Å²) in [5.41, 5.74) is 0.429. The molecule has 1 aliphatic rings. The van der Waals surface area contributed by atoms with E-state index in [2.05, 4.69) is 11.4 Å². The largest absolute Gasteiger partial charge is 0.493 e. The molecule has 1 saturated heterocycles. The molecule has 18 heavy (non-hydrogen) atoms. The van der Waals surface area contributed by atoms with Gasteiger partial charge in [-0.3, -0.25) is 4.79 Å². The Bertz CT molecular complexity index is 493. The van der Waals surface area contributed by atoms with Gasteiger partial charge >= 0.3 is 0 Å². The van der Waals surface area contributed by atoms with E-state index in [1.807, 2.05) is 0 Å². The van der Waals surface area contributed by atoms with Crippen molar-refractivity contribution < 1.29 is 14.3 Å². The average molecular weight is 246 g/mol. The highest BCUT2D eigenvalue weighted by Crippen LogP contribution is 2.30. The number of hydrogen-bond acceptors (Lipinski definition) is 4. The Morgan fingerprint density at radius 3 is 3.00 bits per heavy atom. The number of rotatable bonds is 4. The lowest BCUT2D eigenvalue weighted by Gasteiger charge is -2.15. The Labute approximate surface area is 105 Å². The van der Waals surface area contributed by atoms with Gasteiger partial charge in [0.2, 0.25) is 5.91 Å². The SMILES string of the molecule is COc1cccc(C#N)c1OCC1CCC(=O)N1. The number of carbonyl (C=O) groups excluding carboxylic acids is 1. The summed E-state index contributed by atoms with van der Waals surface area (Å²) in [7, 11) is 1.53. The molecule has 5 heteroatoms. The average Bonchev–Trinajstić information content (AvgIpc) is 2.81. The summed E-state index contributed by atoms with van der Waals surface area (Å²) in [6, 6.07) is 7.22. The van der Waals surface area contributed by atoms with Gasteiger partial charge in [0.25, 0.3) is 0 Å². The van der Waals surface area contributed by atoms with E-state index in [4.69, 9.17) is 14.7 Å². The molecule has 1 aromatic carbocycles. The normalized spacial score (nSPS) is 18.0. The smallest absolute Gasteiger partial charge is 0.220 e. The summed E-state index contributed by atoms with van der Waals surface area (Å²) in [4.78, 5) is 11.1. The van der Waals surface area contributed by atoms with Crippen molar-refractivity contribution in [3.63, 3.8) is 0 Å². The van der Waals surface area contributed by atoms with E-state index in [9.17, 15) is 4.79 Å². The third-order valence-electron chi connectivity index (χ3n) is 2.83. The number of para-hydroxylation sites is 1. The molecular formula is C13H14N2O3. The van der Waals surface area contributed by atoms with Crippen molar-refractivity contribution in [3.05, 3.63) is 23.8 Å². The Balaban J connectivity index is 2.08. The van der Waals surface area contributed by atoms with E-state index in [1.54, 1.807) is 18.2 Å². The van der Waals surface area contributed by atoms with E-state index in [0.717, 1.165) is 6.42 Å². The number of benzene rings is 1. The molecule has 0 saturated carbocycles. The Morgan fingerprint density at radius 1 is 1.56 bits per heavy atom. The molecule has 0 aromatic heterocycles. The van der Waals surface area contributed by atoms with Crippen molar-refractivity contribution in [3.8, 4) is 17.6 Å². The molecule has 1 unspecified atom stereocenters. The minimum atomic E-state index is 0.00829. The van der Waals surface area contributed by atoms with E-state index in [-0.39, 0.29) is 11.9 Å². The van der Waals surface area contributed by atoms with Gasteiger partial charge in [-0.25, -0.2) is 0 Å². The summed E-state index contributed by atoms with van der Waals surface area (Å²) in [5.74, 6) is 1.01. The van der Waals surface area contributed by atoms with Crippen LogP contribution in [-0.4, -0.2) is 25.7 Å². The van der Waals surface area contributed by atoms with Crippen molar-refractivity contribution in [1.29, 1.82) is 5.26 Å². The van der Waals surface area contributed by atoms with Crippen LogP contribution in [0.2, 0.25) is 0 Å². The number of nitrogens with one attached hydrogen (secondary N) is 1. The van der Waals surface area contributed by atoms with Crippen molar-refractivity contribution in [2.24, 2.45) is 0 Å². The van der Waals surface area contributed by atoms with Crippen LogP contribution in [0, 0.1) is 11.3 Å². The molecule has 0 bridgehead atoms. The molecule has 0 spiro atoms. The van der Waals surface area contributed by atoms with Crippen LogP contribution in [0.4, 0.5) is 0 Å². The molecule has 1 atom stereocenters. The molecule has 1 N–H and O–H groups in total. The maximum atomic E-state index is 11.1. The third-order valence-corrected chi connectivity index (χ3v) is 2.83. The number of carbonyl (C=O) groups is 1. The summed E-state index contributed by atoms with van der Waals surface area (Å²) in [6.07, 6.45) is 1.29. The molecule has 1 aromatic rings. The van der Waals surface area contributed by atoms with Crippen molar-refractivity contribution in [1.82, 2.24) is 5.32 Å². The molecular weight excluding hydrogens is 232 g/mol. The molecule has 0 aliphatic carbocycles. The predicted octanol–water partition coefficient (Wildman–Crippen LogP) is 1.22. The molecule has 1 aliphatic heterocycles. The maximum Gasteiger partial charge on any atom is 0.220 e. The number of ether oxygens (including phenoxy) is 2. The topological polar surface area (TPSA) is 71.3 Å². The summed E-state index contributed by atoms with van der Waals surface area (Å²) in [6.45, 7) is 0.348. The van der Waals surface area contributed by atoms with Crippen LogP contribution in [0.15, 0.2) is 18.2 Å². The zero-order valence-corrected chi connectivity index (χ0v) is 10.1. The quantitative estimate of drug-likeness (QED) is 0.867. The van der Waals surface area contributed by atoms with Gasteiger partial charge < -0.3 is 14.8 Å². The fourth-order valence-electron chi connectivity index (χ4n) is 1.90. The first-order valence-corrected chi connectivity index (χ1v) is 5.74. The molecule has 94 valence electrons. The van der Waals surface area contributed by atoms with E-state index >= 15 is 0 Å². The van der Waals surface area contributed by atoms with Crippen LogP contribution < -0.4 is 14.8 Å². The van der Waals surface area contributed by atoms with Gasteiger partial charge in [-0.2, -0.15) is 5.26 Å². The van der Waals surface area contributed by atoms with Crippen molar-refractivity contribution in [2.45, 2.75) is 18.9 Å². The lowest BCUT2D eigenvalue weighted by molar-refractivity contribution is -0.119. The summed E-state index contributed by atoms with van der Waals surface area (Å²) in [5, 5.41) is 11.8. The number of hydrogen-bond donors (Lipinski definition) is 1. The van der Waals surface area contributed by atoms with Crippen molar-refractivity contribution >= 4 is 5.91 Å². The third kappa shape index (κ3) is 2.54. The minimum Gasteiger partial charge on any atom is -0.493 e. The van der Waals surface area contributed by atoms with Gasteiger partial charge in [-0.1, -0.05) is 6.07 Å². The summed E-state index contributed by atoms with van der Waals surface area (Å²) < 4.78 is 10.8. The highest BCUT2D eigenvalue weighted by atomic mass is 16.5. The van der Waals surface area contributed by atoms with E-state index < -0.39 is 0 Å². The standard InChI is InChI=1S/C13H14N2O3/c1-17-11-4-2-3-9(7-14)13(11)18-8-10-5-6-12(16)15-10/h2-4,10H,5-6,8H2,1H3,(H,15,16). The van der Waals surface area contributed by atoms with Gasteiger partial charge in [0.05, 0.1) is 18.7 Å². The van der Waals surface area contributed by atoms with Gasteiger partial charge in [0.1, 0.15) is 12.7 Å².